The molecule has 1 saturated carbocycles. The second kappa shape index (κ2) is 7.25. The Balaban J connectivity index is 1.89. The molecule has 0 spiro atoms. The van der Waals surface area contributed by atoms with Crippen molar-refractivity contribution in [1.29, 1.82) is 0 Å². The Morgan fingerprint density at radius 3 is 2.71 bits per heavy atom. The van der Waals surface area contributed by atoms with Gasteiger partial charge in [0.05, 0.1) is 18.7 Å². The summed E-state index contributed by atoms with van der Waals surface area (Å²) in [4.78, 5) is 25.9. The van der Waals surface area contributed by atoms with Gasteiger partial charge in [0.1, 0.15) is 0 Å². The van der Waals surface area contributed by atoms with Crippen LogP contribution in [0.5, 0.6) is 0 Å². The molecule has 21 heavy (non-hydrogen) atoms. The van der Waals surface area contributed by atoms with Gasteiger partial charge in [-0.3, -0.25) is 9.59 Å². The van der Waals surface area contributed by atoms with Crippen molar-refractivity contribution in [3.63, 3.8) is 0 Å². The quantitative estimate of drug-likeness (QED) is 0.825. The average Bonchev–Trinajstić information content (AvgIpc) is 2.67. The number of nitrogens with one attached hydrogen (secondary N) is 1. The van der Waals surface area contributed by atoms with Crippen LogP contribution in [0.2, 0.25) is 0 Å². The number of likely N-dealkylation sites (tertiary alicyclic amines) is 1. The number of rotatable bonds is 4. The molecule has 1 aliphatic carbocycles. The lowest BCUT2D eigenvalue weighted by Crippen LogP contribution is -2.55. The van der Waals surface area contributed by atoms with Crippen molar-refractivity contribution in [2.45, 2.75) is 63.8 Å². The van der Waals surface area contributed by atoms with E-state index in [1.165, 1.54) is 0 Å². The van der Waals surface area contributed by atoms with E-state index in [0.29, 0.717) is 18.9 Å². The third-order valence-corrected chi connectivity index (χ3v) is 4.94. The van der Waals surface area contributed by atoms with Crippen molar-refractivity contribution in [3.8, 4) is 0 Å². The molecule has 2 fully saturated rings. The highest BCUT2D eigenvalue weighted by atomic mass is 16.3. The van der Waals surface area contributed by atoms with E-state index in [0.717, 1.165) is 44.9 Å². The molecule has 2 rings (SSSR count). The molecule has 1 aliphatic heterocycles. The van der Waals surface area contributed by atoms with Crippen LogP contribution in [0.15, 0.2) is 0 Å². The van der Waals surface area contributed by atoms with Gasteiger partial charge in [0.2, 0.25) is 11.8 Å². The van der Waals surface area contributed by atoms with Gasteiger partial charge in [-0.2, -0.15) is 0 Å². The Morgan fingerprint density at radius 1 is 1.33 bits per heavy atom. The zero-order valence-corrected chi connectivity index (χ0v) is 13.1. The number of aliphatic hydroxyl groups excluding tert-OH is 1. The Labute approximate surface area is 127 Å². The van der Waals surface area contributed by atoms with Gasteiger partial charge in [-0.05, 0) is 44.4 Å². The minimum absolute atomic E-state index is 0.0145. The van der Waals surface area contributed by atoms with Crippen LogP contribution in [0.25, 0.3) is 0 Å². The molecule has 0 aromatic rings. The second-order valence-electron chi connectivity index (χ2n) is 6.80. The number of amides is 2. The lowest BCUT2D eigenvalue weighted by Gasteiger charge is -2.39. The van der Waals surface area contributed by atoms with E-state index in [9.17, 15) is 14.7 Å². The molecule has 120 valence electrons. The standard InChI is InChI=1S/C16H28N2O3/c1-13-6-8-16(12-19,9-7-13)17-14(20)11-18-10-4-2-3-5-15(18)21/h13,19H,2-12H2,1H3,(H,17,20). The molecule has 2 N–H and O–H groups in total. The summed E-state index contributed by atoms with van der Waals surface area (Å²) in [6, 6.07) is 0. The molecule has 5 heteroatoms. The van der Waals surface area contributed by atoms with Gasteiger partial charge in [-0.15, -0.1) is 0 Å². The minimum atomic E-state index is -0.474. The molecule has 0 aromatic carbocycles. The molecule has 1 saturated heterocycles. The van der Waals surface area contributed by atoms with Crippen LogP contribution in [0.1, 0.15) is 58.3 Å². The molecular weight excluding hydrogens is 268 g/mol. The highest BCUT2D eigenvalue weighted by Gasteiger charge is 2.35. The smallest absolute Gasteiger partial charge is 0.240 e. The van der Waals surface area contributed by atoms with Crippen molar-refractivity contribution in [3.05, 3.63) is 0 Å². The summed E-state index contributed by atoms with van der Waals surface area (Å²) in [7, 11) is 0. The lowest BCUT2D eigenvalue weighted by molar-refractivity contribution is -0.136. The predicted molar refractivity (Wildman–Crippen MR) is 80.6 cm³/mol. The molecule has 0 unspecified atom stereocenters. The lowest BCUT2D eigenvalue weighted by atomic mass is 9.77. The topological polar surface area (TPSA) is 69.6 Å². The molecule has 0 radical (unpaired) electrons. The summed E-state index contributed by atoms with van der Waals surface area (Å²) in [5.41, 5.74) is -0.474. The fourth-order valence-corrected chi connectivity index (χ4v) is 3.35. The van der Waals surface area contributed by atoms with E-state index >= 15 is 0 Å². The van der Waals surface area contributed by atoms with Gasteiger partial charge < -0.3 is 15.3 Å². The third-order valence-electron chi connectivity index (χ3n) is 4.94. The fraction of sp³-hybridized carbons (Fsp3) is 0.875. The first-order valence-electron chi connectivity index (χ1n) is 8.24. The van der Waals surface area contributed by atoms with E-state index in [2.05, 4.69) is 12.2 Å². The maximum Gasteiger partial charge on any atom is 0.240 e. The van der Waals surface area contributed by atoms with Gasteiger partial charge in [0.25, 0.3) is 0 Å². The predicted octanol–water partition coefficient (Wildman–Crippen LogP) is 1.45. The summed E-state index contributed by atoms with van der Waals surface area (Å²) in [5.74, 6) is 0.612. The van der Waals surface area contributed by atoms with E-state index in [1.54, 1.807) is 4.90 Å². The van der Waals surface area contributed by atoms with E-state index < -0.39 is 5.54 Å². The van der Waals surface area contributed by atoms with Gasteiger partial charge in [0.15, 0.2) is 0 Å². The highest BCUT2D eigenvalue weighted by molar-refractivity contribution is 5.85. The zero-order chi connectivity index (χ0) is 15.3. The molecular formula is C16H28N2O3. The Kier molecular flexibility index (Phi) is 5.62. The van der Waals surface area contributed by atoms with E-state index in [4.69, 9.17) is 0 Å². The summed E-state index contributed by atoms with van der Waals surface area (Å²) >= 11 is 0. The van der Waals surface area contributed by atoms with E-state index in [1.807, 2.05) is 0 Å². The molecule has 2 amide bonds. The van der Waals surface area contributed by atoms with E-state index in [-0.39, 0.29) is 25.0 Å². The number of aliphatic hydroxyl groups is 1. The number of carbonyl (C=O) groups excluding carboxylic acids is 2. The van der Waals surface area contributed by atoms with Crippen LogP contribution < -0.4 is 5.32 Å². The number of nitrogens with zero attached hydrogens (tertiary/aromatic N) is 1. The first-order chi connectivity index (χ1) is 10.0. The summed E-state index contributed by atoms with van der Waals surface area (Å²) < 4.78 is 0. The Bertz CT molecular complexity index is 376. The Morgan fingerprint density at radius 2 is 2.05 bits per heavy atom. The van der Waals surface area contributed by atoms with Gasteiger partial charge >= 0.3 is 0 Å². The summed E-state index contributed by atoms with van der Waals surface area (Å²) in [6.07, 6.45) is 7.22. The number of hydrogen-bond acceptors (Lipinski definition) is 3. The molecule has 5 nitrogen and oxygen atoms in total. The largest absolute Gasteiger partial charge is 0.394 e. The normalized spacial score (nSPS) is 30.9. The molecule has 1 heterocycles. The summed E-state index contributed by atoms with van der Waals surface area (Å²) in [5, 5.41) is 12.7. The minimum Gasteiger partial charge on any atom is -0.394 e. The van der Waals surface area contributed by atoms with Crippen LogP contribution in [-0.4, -0.2) is 47.1 Å². The first kappa shape index (κ1) is 16.3. The SMILES string of the molecule is CC1CCC(CO)(NC(=O)CN2CCCCCC2=O)CC1. The Hall–Kier alpha value is -1.10. The van der Waals surface area contributed by atoms with Crippen molar-refractivity contribution < 1.29 is 14.7 Å². The second-order valence-corrected chi connectivity index (χ2v) is 6.80. The first-order valence-corrected chi connectivity index (χ1v) is 8.24. The van der Waals surface area contributed by atoms with Crippen molar-refractivity contribution >= 4 is 11.8 Å². The summed E-state index contributed by atoms with van der Waals surface area (Å²) in [6.45, 7) is 3.00. The van der Waals surface area contributed by atoms with Crippen LogP contribution >= 0.6 is 0 Å². The van der Waals surface area contributed by atoms with Crippen LogP contribution in [0.3, 0.4) is 0 Å². The van der Waals surface area contributed by atoms with Crippen molar-refractivity contribution in [1.82, 2.24) is 10.2 Å². The third kappa shape index (κ3) is 4.43. The van der Waals surface area contributed by atoms with Crippen molar-refractivity contribution in [2.24, 2.45) is 5.92 Å². The zero-order valence-electron chi connectivity index (χ0n) is 13.1. The maximum atomic E-state index is 12.3. The maximum absolute atomic E-state index is 12.3. The van der Waals surface area contributed by atoms with Gasteiger partial charge in [-0.1, -0.05) is 13.3 Å². The molecule has 0 bridgehead atoms. The molecule has 0 aromatic heterocycles. The average molecular weight is 296 g/mol. The number of carbonyl (C=O) groups is 2. The molecule has 0 atom stereocenters. The van der Waals surface area contributed by atoms with Gasteiger partial charge in [-0.25, -0.2) is 0 Å². The van der Waals surface area contributed by atoms with Gasteiger partial charge in [0, 0.05) is 13.0 Å². The van der Waals surface area contributed by atoms with Crippen LogP contribution in [0.4, 0.5) is 0 Å². The highest BCUT2D eigenvalue weighted by Crippen LogP contribution is 2.31. The fourth-order valence-electron chi connectivity index (χ4n) is 3.35. The van der Waals surface area contributed by atoms with Crippen molar-refractivity contribution in [2.75, 3.05) is 19.7 Å². The van der Waals surface area contributed by atoms with Crippen LogP contribution in [-0.2, 0) is 9.59 Å². The number of hydrogen-bond donors (Lipinski definition) is 2. The molecule has 2 aliphatic rings. The van der Waals surface area contributed by atoms with Crippen LogP contribution in [0, 0.1) is 5.92 Å². The monoisotopic (exact) mass is 296 g/mol.